The minimum atomic E-state index is -4.54. The number of alkyl halides is 3. The molecule has 1 saturated heterocycles. The SMILES string of the molecule is COC(=O)c1ccc(B2OC(C)(C)C(C)(C)O2)cc1O[C@H](C)c1ccccc1C(F)(F)F. The molecule has 172 valence electrons. The largest absolute Gasteiger partial charge is 0.494 e. The molecule has 1 heterocycles. The summed E-state index contributed by atoms with van der Waals surface area (Å²) in [6.45, 7) is 9.12. The molecule has 0 radical (unpaired) electrons. The number of halogens is 3. The molecule has 0 unspecified atom stereocenters. The Morgan fingerprint density at radius 2 is 1.62 bits per heavy atom. The van der Waals surface area contributed by atoms with Crippen molar-refractivity contribution in [1.29, 1.82) is 0 Å². The third kappa shape index (κ3) is 4.64. The Morgan fingerprint density at radius 3 is 2.19 bits per heavy atom. The molecule has 5 nitrogen and oxygen atoms in total. The second kappa shape index (κ2) is 8.44. The molecule has 2 aromatic carbocycles. The van der Waals surface area contributed by atoms with Crippen molar-refractivity contribution in [3.05, 3.63) is 59.2 Å². The number of rotatable bonds is 5. The van der Waals surface area contributed by atoms with Crippen LogP contribution in [0.25, 0.3) is 0 Å². The molecule has 9 heteroatoms. The Labute approximate surface area is 186 Å². The van der Waals surface area contributed by atoms with Crippen LogP contribution in [0.1, 0.15) is 62.2 Å². The van der Waals surface area contributed by atoms with E-state index < -0.39 is 42.1 Å². The van der Waals surface area contributed by atoms with Crippen molar-refractivity contribution < 1.29 is 36.7 Å². The highest BCUT2D eigenvalue weighted by atomic mass is 19.4. The molecule has 1 fully saturated rings. The van der Waals surface area contributed by atoms with Gasteiger partial charge in [-0.25, -0.2) is 4.79 Å². The lowest BCUT2D eigenvalue weighted by molar-refractivity contribution is -0.139. The zero-order valence-electron chi connectivity index (χ0n) is 18.9. The first-order valence-electron chi connectivity index (χ1n) is 10.2. The zero-order valence-corrected chi connectivity index (χ0v) is 18.9. The maximum Gasteiger partial charge on any atom is 0.494 e. The highest BCUT2D eigenvalue weighted by Gasteiger charge is 2.51. The molecule has 32 heavy (non-hydrogen) atoms. The number of carbonyl (C=O) groups is 1. The fraction of sp³-hybridized carbons (Fsp3) is 0.435. The van der Waals surface area contributed by atoms with Crippen LogP contribution in [-0.2, 0) is 20.2 Å². The summed E-state index contributed by atoms with van der Waals surface area (Å²) in [5, 5.41) is 0. The number of methoxy groups -OCH3 is 1. The van der Waals surface area contributed by atoms with Crippen LogP contribution in [0.4, 0.5) is 13.2 Å². The van der Waals surface area contributed by atoms with Gasteiger partial charge in [-0.05, 0) is 58.3 Å². The van der Waals surface area contributed by atoms with Gasteiger partial charge in [-0.2, -0.15) is 13.2 Å². The summed E-state index contributed by atoms with van der Waals surface area (Å²) in [4.78, 5) is 12.3. The standard InChI is InChI=1S/C23H26BF3O5/c1-14(16-9-7-8-10-18(16)23(25,26)27)30-19-13-15(11-12-17(19)20(28)29-6)24-31-21(2,3)22(4,5)32-24/h7-14H,1-6H3/t14-/m1/s1. The van der Waals surface area contributed by atoms with Gasteiger partial charge in [-0.1, -0.05) is 24.3 Å². The fourth-order valence-corrected chi connectivity index (χ4v) is 3.40. The van der Waals surface area contributed by atoms with Crippen molar-refractivity contribution in [3.8, 4) is 5.75 Å². The van der Waals surface area contributed by atoms with Crippen molar-refractivity contribution in [2.24, 2.45) is 0 Å². The molecule has 0 bridgehead atoms. The van der Waals surface area contributed by atoms with Crippen LogP contribution >= 0.6 is 0 Å². The summed E-state index contributed by atoms with van der Waals surface area (Å²) >= 11 is 0. The average Bonchev–Trinajstić information content (AvgIpc) is 2.93. The Balaban J connectivity index is 1.98. The number of carbonyl (C=O) groups excluding carboxylic acids is 1. The highest BCUT2D eigenvalue weighted by molar-refractivity contribution is 6.62. The minimum Gasteiger partial charge on any atom is -0.485 e. The van der Waals surface area contributed by atoms with Crippen LogP contribution < -0.4 is 10.2 Å². The normalized spacial score (nSPS) is 18.3. The van der Waals surface area contributed by atoms with E-state index in [1.165, 1.54) is 38.3 Å². The van der Waals surface area contributed by atoms with Crippen LogP contribution in [0.3, 0.4) is 0 Å². The Bertz CT molecular complexity index is 987. The minimum absolute atomic E-state index is 0.0446. The van der Waals surface area contributed by atoms with Crippen LogP contribution in [-0.4, -0.2) is 31.4 Å². The topological polar surface area (TPSA) is 54.0 Å². The summed E-state index contributed by atoms with van der Waals surface area (Å²) in [7, 11) is 0.489. The van der Waals surface area contributed by atoms with E-state index in [1.807, 2.05) is 27.7 Å². The molecule has 0 amide bonds. The number of ether oxygens (including phenoxy) is 2. The van der Waals surface area contributed by atoms with Crippen LogP contribution in [0, 0.1) is 0 Å². The predicted octanol–water partition coefficient (Wildman–Crippen LogP) is 4.93. The van der Waals surface area contributed by atoms with Gasteiger partial charge in [0.05, 0.1) is 23.9 Å². The molecule has 0 saturated carbocycles. The van der Waals surface area contributed by atoms with Crippen molar-refractivity contribution in [2.45, 2.75) is 58.1 Å². The van der Waals surface area contributed by atoms with Gasteiger partial charge in [0, 0.05) is 5.56 Å². The summed E-state index contributed by atoms with van der Waals surface area (Å²) in [6.07, 6.45) is -5.53. The van der Waals surface area contributed by atoms with Gasteiger partial charge in [0.2, 0.25) is 0 Å². The van der Waals surface area contributed by atoms with E-state index in [0.717, 1.165) is 6.07 Å². The van der Waals surface area contributed by atoms with Crippen LogP contribution in [0.2, 0.25) is 0 Å². The first-order valence-corrected chi connectivity index (χ1v) is 10.2. The summed E-state index contributed by atoms with van der Waals surface area (Å²) in [5.41, 5.74) is -1.35. The quantitative estimate of drug-likeness (QED) is 0.478. The van der Waals surface area contributed by atoms with E-state index in [1.54, 1.807) is 12.1 Å². The third-order valence-corrected chi connectivity index (χ3v) is 5.94. The number of hydrogen-bond donors (Lipinski definition) is 0. The highest BCUT2D eigenvalue weighted by Crippen LogP contribution is 2.38. The van der Waals surface area contributed by atoms with Gasteiger partial charge in [-0.15, -0.1) is 0 Å². The van der Waals surface area contributed by atoms with Crippen molar-refractivity contribution in [1.82, 2.24) is 0 Å². The van der Waals surface area contributed by atoms with E-state index in [9.17, 15) is 18.0 Å². The van der Waals surface area contributed by atoms with Gasteiger partial charge in [0.25, 0.3) is 0 Å². The smallest absolute Gasteiger partial charge is 0.485 e. The van der Waals surface area contributed by atoms with Crippen molar-refractivity contribution in [3.63, 3.8) is 0 Å². The second-order valence-electron chi connectivity index (χ2n) is 8.68. The van der Waals surface area contributed by atoms with Gasteiger partial charge in [0.15, 0.2) is 0 Å². The number of benzene rings is 2. The molecule has 3 rings (SSSR count). The first kappa shape index (κ1) is 24.1. The lowest BCUT2D eigenvalue weighted by Gasteiger charge is -2.32. The average molecular weight is 450 g/mol. The molecule has 1 aliphatic rings. The van der Waals surface area contributed by atoms with Crippen molar-refractivity contribution in [2.75, 3.05) is 7.11 Å². The van der Waals surface area contributed by atoms with Crippen molar-refractivity contribution >= 4 is 18.6 Å². The Morgan fingerprint density at radius 1 is 1.03 bits per heavy atom. The molecule has 0 aliphatic carbocycles. The van der Waals surface area contributed by atoms with Gasteiger partial charge < -0.3 is 18.8 Å². The van der Waals surface area contributed by atoms with E-state index in [-0.39, 0.29) is 16.9 Å². The number of esters is 1. The monoisotopic (exact) mass is 450 g/mol. The number of hydrogen-bond acceptors (Lipinski definition) is 5. The molecular weight excluding hydrogens is 424 g/mol. The fourth-order valence-electron chi connectivity index (χ4n) is 3.40. The summed E-state index contributed by atoms with van der Waals surface area (Å²) in [5.74, 6) is -0.592. The maximum absolute atomic E-state index is 13.5. The molecule has 0 spiro atoms. The molecule has 0 aromatic heterocycles. The lowest BCUT2D eigenvalue weighted by Crippen LogP contribution is -2.41. The van der Waals surface area contributed by atoms with E-state index in [2.05, 4.69) is 0 Å². The molecule has 1 aliphatic heterocycles. The zero-order chi connectivity index (χ0) is 23.9. The molecular formula is C23H26BF3O5. The van der Waals surface area contributed by atoms with E-state index in [0.29, 0.717) is 5.46 Å². The second-order valence-corrected chi connectivity index (χ2v) is 8.68. The van der Waals surface area contributed by atoms with E-state index >= 15 is 0 Å². The van der Waals surface area contributed by atoms with Gasteiger partial charge >= 0.3 is 19.3 Å². The maximum atomic E-state index is 13.5. The van der Waals surface area contributed by atoms with Gasteiger partial charge in [-0.3, -0.25) is 0 Å². The third-order valence-electron chi connectivity index (χ3n) is 5.94. The summed E-state index contributed by atoms with van der Waals surface area (Å²) in [6, 6.07) is 9.85. The Kier molecular flexibility index (Phi) is 6.37. The molecule has 2 aromatic rings. The molecule has 0 N–H and O–H groups in total. The van der Waals surface area contributed by atoms with Crippen LogP contribution in [0.15, 0.2) is 42.5 Å². The van der Waals surface area contributed by atoms with E-state index in [4.69, 9.17) is 18.8 Å². The molecule has 1 atom stereocenters. The van der Waals surface area contributed by atoms with Gasteiger partial charge in [0.1, 0.15) is 17.4 Å². The first-order chi connectivity index (χ1) is 14.8. The summed E-state index contributed by atoms with van der Waals surface area (Å²) < 4.78 is 63.2. The predicted molar refractivity (Wildman–Crippen MR) is 114 cm³/mol. The van der Waals surface area contributed by atoms with Crippen LogP contribution in [0.5, 0.6) is 5.75 Å². The lowest BCUT2D eigenvalue weighted by atomic mass is 9.78. The Hall–Kier alpha value is -2.52.